The number of aliphatic hydroxyl groups is 1. The average molecular weight is 278 g/mol. The molecule has 0 aromatic carbocycles. The van der Waals surface area contributed by atoms with Crippen molar-refractivity contribution in [3.63, 3.8) is 0 Å². The zero-order valence-electron chi connectivity index (χ0n) is 12.4. The third-order valence-corrected chi connectivity index (χ3v) is 3.79. The average Bonchev–Trinajstić information content (AvgIpc) is 2.49. The van der Waals surface area contributed by atoms with Gasteiger partial charge in [-0.25, -0.2) is 9.97 Å². The van der Waals surface area contributed by atoms with Gasteiger partial charge in [0.25, 0.3) is 0 Å². The van der Waals surface area contributed by atoms with Crippen LogP contribution < -0.4 is 10.2 Å². The Morgan fingerprint density at radius 3 is 2.90 bits per heavy atom. The molecule has 1 unspecified atom stereocenters. The fraction of sp³-hybridized carbons (Fsp3) is 0.733. The standard InChI is InChI=1S/C15H26N4O/c1-2-6-16-9-14-10-17-15(18-11-14)19-7-3-4-13(12-19)5-8-20/h10-11,13,16,20H,2-9,12H2,1H3. The van der Waals surface area contributed by atoms with Crippen LogP contribution in [0.1, 0.15) is 38.2 Å². The maximum absolute atomic E-state index is 9.06. The van der Waals surface area contributed by atoms with Gasteiger partial charge in [0.1, 0.15) is 0 Å². The molecule has 1 fully saturated rings. The molecule has 0 spiro atoms. The Morgan fingerprint density at radius 2 is 2.20 bits per heavy atom. The molecule has 5 nitrogen and oxygen atoms in total. The lowest BCUT2D eigenvalue weighted by Crippen LogP contribution is -2.36. The number of hydrogen-bond donors (Lipinski definition) is 2. The number of anilines is 1. The van der Waals surface area contributed by atoms with Crippen molar-refractivity contribution in [3.8, 4) is 0 Å². The quantitative estimate of drug-likeness (QED) is 0.741. The molecule has 2 rings (SSSR count). The zero-order valence-corrected chi connectivity index (χ0v) is 12.4. The molecule has 0 amide bonds. The van der Waals surface area contributed by atoms with Crippen LogP contribution in [-0.2, 0) is 6.54 Å². The van der Waals surface area contributed by atoms with Crippen LogP contribution in [0, 0.1) is 5.92 Å². The van der Waals surface area contributed by atoms with Gasteiger partial charge in [0, 0.05) is 44.2 Å². The van der Waals surface area contributed by atoms with Crippen LogP contribution in [0.3, 0.4) is 0 Å². The van der Waals surface area contributed by atoms with Gasteiger partial charge < -0.3 is 15.3 Å². The molecule has 2 heterocycles. The summed E-state index contributed by atoms with van der Waals surface area (Å²) < 4.78 is 0. The van der Waals surface area contributed by atoms with E-state index in [4.69, 9.17) is 5.11 Å². The monoisotopic (exact) mass is 278 g/mol. The minimum absolute atomic E-state index is 0.279. The van der Waals surface area contributed by atoms with Gasteiger partial charge in [-0.1, -0.05) is 6.92 Å². The second-order valence-corrected chi connectivity index (χ2v) is 5.53. The molecular weight excluding hydrogens is 252 g/mol. The lowest BCUT2D eigenvalue weighted by molar-refractivity contribution is 0.244. The van der Waals surface area contributed by atoms with Gasteiger partial charge >= 0.3 is 0 Å². The summed E-state index contributed by atoms with van der Waals surface area (Å²) in [5.74, 6) is 1.40. The first kappa shape index (κ1) is 15.2. The first-order valence-corrected chi connectivity index (χ1v) is 7.71. The van der Waals surface area contributed by atoms with Crippen molar-refractivity contribution < 1.29 is 5.11 Å². The van der Waals surface area contributed by atoms with E-state index in [9.17, 15) is 0 Å². The van der Waals surface area contributed by atoms with E-state index in [0.717, 1.165) is 57.0 Å². The zero-order chi connectivity index (χ0) is 14.2. The molecule has 1 aliphatic rings. The van der Waals surface area contributed by atoms with Gasteiger partial charge in [0.05, 0.1) is 0 Å². The summed E-state index contributed by atoms with van der Waals surface area (Å²) in [6.07, 6.45) is 8.22. The molecule has 0 radical (unpaired) electrons. The van der Waals surface area contributed by atoms with E-state index in [1.807, 2.05) is 12.4 Å². The molecule has 1 aromatic heterocycles. The molecule has 1 atom stereocenters. The summed E-state index contributed by atoms with van der Waals surface area (Å²) in [6.45, 7) is 6.29. The molecule has 112 valence electrons. The first-order chi connectivity index (χ1) is 9.83. The second-order valence-electron chi connectivity index (χ2n) is 5.53. The molecule has 0 aliphatic carbocycles. The Hall–Kier alpha value is -1.20. The highest BCUT2D eigenvalue weighted by atomic mass is 16.3. The summed E-state index contributed by atoms with van der Waals surface area (Å²) in [6, 6.07) is 0. The van der Waals surface area contributed by atoms with Crippen molar-refractivity contribution in [2.24, 2.45) is 5.92 Å². The molecule has 2 N–H and O–H groups in total. The molecule has 0 saturated carbocycles. The molecule has 1 saturated heterocycles. The predicted molar refractivity (Wildman–Crippen MR) is 80.7 cm³/mol. The summed E-state index contributed by atoms with van der Waals surface area (Å²) >= 11 is 0. The molecule has 1 aromatic rings. The summed E-state index contributed by atoms with van der Waals surface area (Å²) in [5.41, 5.74) is 1.13. The van der Waals surface area contributed by atoms with Crippen LogP contribution in [-0.4, -0.2) is 41.3 Å². The van der Waals surface area contributed by atoms with Crippen molar-refractivity contribution in [1.82, 2.24) is 15.3 Å². The van der Waals surface area contributed by atoms with E-state index in [0.29, 0.717) is 5.92 Å². The lowest BCUT2D eigenvalue weighted by atomic mass is 9.95. The molecule has 1 aliphatic heterocycles. The van der Waals surface area contributed by atoms with Crippen molar-refractivity contribution in [2.75, 3.05) is 31.1 Å². The van der Waals surface area contributed by atoms with Crippen molar-refractivity contribution in [1.29, 1.82) is 0 Å². The SMILES string of the molecule is CCCNCc1cnc(N2CCCC(CCO)C2)nc1. The van der Waals surface area contributed by atoms with Crippen molar-refractivity contribution in [3.05, 3.63) is 18.0 Å². The summed E-state index contributed by atoms with van der Waals surface area (Å²) in [4.78, 5) is 11.2. The highest BCUT2D eigenvalue weighted by Gasteiger charge is 2.21. The van der Waals surface area contributed by atoms with E-state index >= 15 is 0 Å². The fourth-order valence-corrected chi connectivity index (χ4v) is 2.68. The minimum Gasteiger partial charge on any atom is -0.396 e. The highest BCUT2D eigenvalue weighted by molar-refractivity contribution is 5.30. The Bertz CT molecular complexity index is 380. The van der Waals surface area contributed by atoms with E-state index in [2.05, 4.69) is 27.1 Å². The largest absolute Gasteiger partial charge is 0.396 e. The number of hydrogen-bond acceptors (Lipinski definition) is 5. The normalized spacial score (nSPS) is 19.3. The van der Waals surface area contributed by atoms with Crippen molar-refractivity contribution >= 4 is 5.95 Å². The van der Waals surface area contributed by atoms with Gasteiger partial charge in [0.15, 0.2) is 0 Å². The van der Waals surface area contributed by atoms with Crippen LogP contribution in [0.15, 0.2) is 12.4 Å². The highest BCUT2D eigenvalue weighted by Crippen LogP contribution is 2.22. The van der Waals surface area contributed by atoms with Gasteiger partial charge in [-0.3, -0.25) is 0 Å². The fourth-order valence-electron chi connectivity index (χ4n) is 2.68. The number of rotatable bonds is 7. The molecular formula is C15H26N4O. The topological polar surface area (TPSA) is 61.3 Å². The Morgan fingerprint density at radius 1 is 1.40 bits per heavy atom. The summed E-state index contributed by atoms with van der Waals surface area (Å²) in [7, 11) is 0. The van der Waals surface area contributed by atoms with Gasteiger partial charge in [-0.15, -0.1) is 0 Å². The smallest absolute Gasteiger partial charge is 0.225 e. The number of aromatic nitrogens is 2. The Kier molecular flexibility index (Phi) is 6.21. The number of piperidine rings is 1. The maximum Gasteiger partial charge on any atom is 0.225 e. The molecule has 0 bridgehead atoms. The Labute approximate surface area is 121 Å². The van der Waals surface area contributed by atoms with Crippen LogP contribution in [0.25, 0.3) is 0 Å². The minimum atomic E-state index is 0.279. The Balaban J connectivity index is 1.88. The van der Waals surface area contributed by atoms with Crippen LogP contribution >= 0.6 is 0 Å². The summed E-state index contributed by atoms with van der Waals surface area (Å²) in [5, 5.41) is 12.4. The third kappa shape index (κ3) is 4.42. The number of aliphatic hydroxyl groups excluding tert-OH is 1. The molecule has 5 heteroatoms. The van der Waals surface area contributed by atoms with Gasteiger partial charge in [-0.2, -0.15) is 0 Å². The van der Waals surface area contributed by atoms with Crippen LogP contribution in [0.5, 0.6) is 0 Å². The van der Waals surface area contributed by atoms with Crippen LogP contribution in [0.2, 0.25) is 0 Å². The van der Waals surface area contributed by atoms with E-state index < -0.39 is 0 Å². The number of nitrogens with one attached hydrogen (secondary N) is 1. The van der Waals surface area contributed by atoms with Gasteiger partial charge in [-0.05, 0) is 38.1 Å². The van der Waals surface area contributed by atoms with E-state index in [-0.39, 0.29) is 6.61 Å². The van der Waals surface area contributed by atoms with Crippen molar-refractivity contribution in [2.45, 2.75) is 39.2 Å². The number of nitrogens with zero attached hydrogens (tertiary/aromatic N) is 3. The van der Waals surface area contributed by atoms with E-state index in [1.54, 1.807) is 0 Å². The van der Waals surface area contributed by atoms with Crippen LogP contribution in [0.4, 0.5) is 5.95 Å². The van der Waals surface area contributed by atoms with Gasteiger partial charge in [0.2, 0.25) is 5.95 Å². The maximum atomic E-state index is 9.06. The third-order valence-electron chi connectivity index (χ3n) is 3.79. The lowest BCUT2D eigenvalue weighted by Gasteiger charge is -2.32. The second kappa shape index (κ2) is 8.17. The predicted octanol–water partition coefficient (Wildman–Crippen LogP) is 1.57. The molecule has 20 heavy (non-hydrogen) atoms. The van der Waals surface area contributed by atoms with E-state index in [1.165, 1.54) is 6.42 Å². The first-order valence-electron chi connectivity index (χ1n) is 7.71.